The van der Waals surface area contributed by atoms with E-state index in [0.29, 0.717) is 23.6 Å². The van der Waals surface area contributed by atoms with Crippen LogP contribution in [-0.4, -0.2) is 32.0 Å². The number of nitrogens with one attached hydrogen (secondary N) is 1. The summed E-state index contributed by atoms with van der Waals surface area (Å²) in [6.07, 6.45) is 1.88. The average Bonchev–Trinajstić information content (AvgIpc) is 2.44. The third-order valence-corrected chi connectivity index (χ3v) is 3.07. The Labute approximate surface area is 119 Å². The van der Waals surface area contributed by atoms with Gasteiger partial charge in [-0.05, 0) is 18.6 Å². The molecule has 0 bridgehead atoms. The van der Waals surface area contributed by atoms with Crippen LogP contribution in [-0.2, 0) is 0 Å². The summed E-state index contributed by atoms with van der Waals surface area (Å²) in [5.74, 6) is 0.986. The van der Waals surface area contributed by atoms with Crippen LogP contribution in [0.3, 0.4) is 0 Å². The average molecular weight is 286 g/mol. The van der Waals surface area contributed by atoms with Crippen molar-refractivity contribution < 1.29 is 14.3 Å². The van der Waals surface area contributed by atoms with Crippen molar-refractivity contribution in [3.63, 3.8) is 0 Å². The number of ether oxygens (including phenoxy) is 2. The van der Waals surface area contributed by atoms with E-state index in [9.17, 15) is 4.79 Å². The quantitative estimate of drug-likeness (QED) is 0.784. The highest BCUT2D eigenvalue weighted by Crippen LogP contribution is 2.22. The van der Waals surface area contributed by atoms with Gasteiger partial charge in [-0.25, -0.2) is 0 Å². The normalized spacial score (nSPS) is 11.8. The van der Waals surface area contributed by atoms with Crippen molar-refractivity contribution in [1.29, 1.82) is 0 Å². The van der Waals surface area contributed by atoms with Gasteiger partial charge in [-0.2, -0.15) is 0 Å². The second-order valence-electron chi connectivity index (χ2n) is 4.20. The highest BCUT2D eigenvalue weighted by Gasteiger charge is 2.11. The van der Waals surface area contributed by atoms with Gasteiger partial charge >= 0.3 is 0 Å². The molecule has 1 aromatic rings. The minimum absolute atomic E-state index is 0.0403. The van der Waals surface area contributed by atoms with E-state index in [0.717, 1.165) is 12.8 Å². The van der Waals surface area contributed by atoms with Crippen LogP contribution in [0.15, 0.2) is 18.2 Å². The Balaban J connectivity index is 2.70. The molecule has 1 aromatic carbocycles. The first-order valence-corrected chi connectivity index (χ1v) is 6.69. The largest absolute Gasteiger partial charge is 0.497 e. The minimum atomic E-state index is -0.182. The van der Waals surface area contributed by atoms with Crippen LogP contribution >= 0.6 is 11.6 Å². The lowest BCUT2D eigenvalue weighted by Crippen LogP contribution is -2.29. The number of hydrogen-bond donors (Lipinski definition) is 1. The lowest BCUT2D eigenvalue weighted by Gasteiger charge is -2.11. The second kappa shape index (κ2) is 7.89. The number of amides is 1. The number of carbonyl (C=O) groups is 1. The lowest BCUT2D eigenvalue weighted by molar-refractivity contribution is 0.0952. The molecule has 0 aliphatic rings. The lowest BCUT2D eigenvalue weighted by atomic mass is 10.1. The predicted octanol–water partition coefficient (Wildman–Crippen LogP) is 2.84. The predicted molar refractivity (Wildman–Crippen MR) is 76.4 cm³/mol. The molecule has 0 saturated heterocycles. The third-order valence-electron chi connectivity index (χ3n) is 2.70. The summed E-state index contributed by atoms with van der Waals surface area (Å²) in [6.45, 7) is 2.51. The third kappa shape index (κ3) is 4.99. The van der Waals surface area contributed by atoms with Crippen LogP contribution in [0, 0.1) is 0 Å². The molecule has 0 aliphatic carbocycles. The zero-order valence-electron chi connectivity index (χ0n) is 11.5. The van der Waals surface area contributed by atoms with Crippen molar-refractivity contribution in [3.05, 3.63) is 23.8 Å². The van der Waals surface area contributed by atoms with E-state index in [4.69, 9.17) is 21.1 Å². The Morgan fingerprint density at radius 1 is 1.26 bits per heavy atom. The van der Waals surface area contributed by atoms with E-state index in [2.05, 4.69) is 12.2 Å². The van der Waals surface area contributed by atoms with Gasteiger partial charge < -0.3 is 14.8 Å². The molecule has 19 heavy (non-hydrogen) atoms. The fraction of sp³-hybridized carbons (Fsp3) is 0.500. The van der Waals surface area contributed by atoms with Crippen LogP contribution < -0.4 is 14.8 Å². The fourth-order valence-electron chi connectivity index (χ4n) is 1.66. The highest BCUT2D eigenvalue weighted by atomic mass is 35.5. The summed E-state index contributed by atoms with van der Waals surface area (Å²) in [5, 5.41) is 2.76. The molecular weight excluding hydrogens is 266 g/mol. The summed E-state index contributed by atoms with van der Waals surface area (Å²) in [4.78, 5) is 12.0. The molecule has 0 spiro atoms. The number of halogens is 1. The van der Waals surface area contributed by atoms with Gasteiger partial charge in [0.25, 0.3) is 5.91 Å². The highest BCUT2D eigenvalue weighted by molar-refractivity contribution is 6.20. The first kappa shape index (κ1) is 15.6. The molecule has 106 valence electrons. The molecule has 5 heteroatoms. The minimum Gasteiger partial charge on any atom is -0.497 e. The van der Waals surface area contributed by atoms with Crippen molar-refractivity contribution >= 4 is 17.5 Å². The van der Waals surface area contributed by atoms with Crippen LogP contribution in [0.2, 0.25) is 0 Å². The Morgan fingerprint density at radius 2 is 1.84 bits per heavy atom. The molecule has 0 heterocycles. The number of carbonyl (C=O) groups excluding carboxylic acids is 1. The van der Waals surface area contributed by atoms with Gasteiger partial charge in [-0.15, -0.1) is 11.6 Å². The van der Waals surface area contributed by atoms with Crippen LogP contribution in [0.5, 0.6) is 11.5 Å². The van der Waals surface area contributed by atoms with Crippen molar-refractivity contribution in [1.82, 2.24) is 5.32 Å². The second-order valence-corrected chi connectivity index (χ2v) is 4.81. The van der Waals surface area contributed by atoms with Gasteiger partial charge in [0, 0.05) is 18.2 Å². The van der Waals surface area contributed by atoms with Crippen molar-refractivity contribution in [2.45, 2.75) is 25.1 Å². The van der Waals surface area contributed by atoms with Crippen LogP contribution in [0.4, 0.5) is 0 Å². The summed E-state index contributed by atoms with van der Waals surface area (Å²) in [6, 6.07) is 5.06. The molecule has 1 amide bonds. The number of benzene rings is 1. The molecule has 1 N–H and O–H groups in total. The number of rotatable bonds is 7. The van der Waals surface area contributed by atoms with E-state index in [1.54, 1.807) is 32.4 Å². The molecule has 1 rings (SSSR count). The summed E-state index contributed by atoms with van der Waals surface area (Å²) >= 11 is 6.07. The maximum Gasteiger partial charge on any atom is 0.251 e. The van der Waals surface area contributed by atoms with Crippen LogP contribution in [0.25, 0.3) is 0 Å². The van der Waals surface area contributed by atoms with Crippen molar-refractivity contribution in [2.75, 3.05) is 20.8 Å². The SMILES string of the molecule is CCCC(Cl)CNC(=O)c1cc(OC)cc(OC)c1. The van der Waals surface area contributed by atoms with Gasteiger partial charge in [0.05, 0.1) is 19.6 Å². The zero-order chi connectivity index (χ0) is 14.3. The Morgan fingerprint density at radius 3 is 2.32 bits per heavy atom. The van der Waals surface area contributed by atoms with Crippen LogP contribution in [0.1, 0.15) is 30.1 Å². The maximum absolute atomic E-state index is 12.0. The molecule has 0 radical (unpaired) electrons. The van der Waals surface area contributed by atoms with Crippen molar-refractivity contribution in [3.8, 4) is 11.5 Å². The van der Waals surface area contributed by atoms with Gasteiger partial charge in [-0.3, -0.25) is 4.79 Å². The van der Waals surface area contributed by atoms with Gasteiger partial charge in [0.2, 0.25) is 0 Å². The first-order chi connectivity index (χ1) is 9.10. The molecule has 0 fully saturated rings. The summed E-state index contributed by atoms with van der Waals surface area (Å²) < 4.78 is 10.3. The molecule has 1 unspecified atom stereocenters. The molecule has 0 aliphatic heterocycles. The smallest absolute Gasteiger partial charge is 0.251 e. The summed E-state index contributed by atoms with van der Waals surface area (Å²) in [7, 11) is 3.10. The molecule has 0 aromatic heterocycles. The van der Waals surface area contributed by atoms with Crippen molar-refractivity contribution in [2.24, 2.45) is 0 Å². The molecule has 1 atom stereocenters. The van der Waals surface area contributed by atoms with Gasteiger partial charge in [-0.1, -0.05) is 13.3 Å². The Kier molecular flexibility index (Phi) is 6.50. The monoisotopic (exact) mass is 285 g/mol. The molecule has 4 nitrogen and oxygen atoms in total. The topological polar surface area (TPSA) is 47.6 Å². The number of alkyl halides is 1. The van der Waals surface area contributed by atoms with E-state index in [1.165, 1.54) is 0 Å². The van der Waals surface area contributed by atoms with Gasteiger partial charge in [0.15, 0.2) is 0 Å². The first-order valence-electron chi connectivity index (χ1n) is 6.26. The van der Waals surface area contributed by atoms with E-state index in [1.807, 2.05) is 0 Å². The summed E-state index contributed by atoms with van der Waals surface area (Å²) in [5.41, 5.74) is 0.497. The number of hydrogen-bond acceptors (Lipinski definition) is 3. The molecular formula is C14H20ClNO3. The molecule has 0 saturated carbocycles. The number of methoxy groups -OCH3 is 2. The fourth-order valence-corrected chi connectivity index (χ4v) is 1.95. The van der Waals surface area contributed by atoms with Gasteiger partial charge in [0.1, 0.15) is 11.5 Å². The van der Waals surface area contributed by atoms with E-state index < -0.39 is 0 Å². The van der Waals surface area contributed by atoms with E-state index >= 15 is 0 Å². The standard InChI is InChI=1S/C14H20ClNO3/c1-4-5-11(15)9-16-14(17)10-6-12(18-2)8-13(7-10)19-3/h6-8,11H,4-5,9H2,1-3H3,(H,16,17). The Bertz CT molecular complexity index is 401. The zero-order valence-corrected chi connectivity index (χ0v) is 12.3. The maximum atomic E-state index is 12.0. The Hall–Kier alpha value is -1.42. The van der Waals surface area contributed by atoms with E-state index in [-0.39, 0.29) is 11.3 Å².